The molecule has 10 rings (SSSR count). The van der Waals surface area contributed by atoms with E-state index < -0.39 is 0 Å². The van der Waals surface area contributed by atoms with Gasteiger partial charge in [0.25, 0.3) is 0 Å². The van der Waals surface area contributed by atoms with E-state index in [-0.39, 0.29) is 0 Å². The van der Waals surface area contributed by atoms with E-state index in [1.165, 1.54) is 16.5 Å². The first kappa shape index (κ1) is 29.2. The minimum Gasteiger partial charge on any atom is -0.456 e. The number of aromatic nitrogens is 3. The maximum absolute atomic E-state index is 6.19. The molecule has 0 bridgehead atoms. The summed E-state index contributed by atoms with van der Waals surface area (Å²) in [5.74, 6) is 0.705. The van der Waals surface area contributed by atoms with Gasteiger partial charge in [0.05, 0.1) is 22.4 Å². The zero-order valence-corrected chi connectivity index (χ0v) is 27.9. The number of para-hydroxylation sites is 2. The van der Waals surface area contributed by atoms with Crippen molar-refractivity contribution >= 4 is 43.7 Å². The second-order valence-electron chi connectivity index (χ2n) is 13.0. The molecule has 7 aromatic carbocycles. The predicted molar refractivity (Wildman–Crippen MR) is 210 cm³/mol. The molecule has 4 heteroatoms. The van der Waals surface area contributed by atoms with Crippen molar-refractivity contribution in [1.29, 1.82) is 0 Å². The molecular formula is C47H31N3O. The van der Waals surface area contributed by atoms with Crippen LogP contribution in [0.25, 0.3) is 94.5 Å². The fourth-order valence-electron chi connectivity index (χ4n) is 7.58. The van der Waals surface area contributed by atoms with Crippen LogP contribution >= 0.6 is 0 Å². The van der Waals surface area contributed by atoms with Gasteiger partial charge in [0, 0.05) is 49.5 Å². The van der Waals surface area contributed by atoms with Crippen LogP contribution in [0.3, 0.4) is 0 Å². The highest BCUT2D eigenvalue weighted by Crippen LogP contribution is 2.42. The van der Waals surface area contributed by atoms with E-state index in [1.54, 1.807) is 0 Å². The minimum atomic E-state index is 0.705. The van der Waals surface area contributed by atoms with Crippen molar-refractivity contribution in [3.05, 3.63) is 175 Å². The average molecular weight is 654 g/mol. The van der Waals surface area contributed by atoms with E-state index in [2.05, 4.69) is 145 Å². The van der Waals surface area contributed by atoms with Crippen molar-refractivity contribution in [2.24, 2.45) is 0 Å². The maximum Gasteiger partial charge on any atom is 0.160 e. The Morgan fingerprint density at radius 3 is 1.86 bits per heavy atom. The highest BCUT2D eigenvalue weighted by atomic mass is 16.3. The molecule has 240 valence electrons. The van der Waals surface area contributed by atoms with E-state index in [9.17, 15) is 0 Å². The number of rotatable bonds is 5. The largest absolute Gasteiger partial charge is 0.456 e. The molecule has 4 nitrogen and oxygen atoms in total. The van der Waals surface area contributed by atoms with Crippen LogP contribution in [0.15, 0.2) is 174 Å². The summed E-state index contributed by atoms with van der Waals surface area (Å²) in [7, 11) is 0. The molecule has 0 saturated heterocycles. The zero-order chi connectivity index (χ0) is 33.9. The molecule has 3 aromatic heterocycles. The molecule has 0 amide bonds. The Bertz CT molecular complexity index is 2900. The third-order valence-corrected chi connectivity index (χ3v) is 10.0. The van der Waals surface area contributed by atoms with Gasteiger partial charge in [-0.3, -0.25) is 0 Å². The monoisotopic (exact) mass is 653 g/mol. The summed E-state index contributed by atoms with van der Waals surface area (Å²) in [6.07, 6.45) is 0. The van der Waals surface area contributed by atoms with E-state index in [0.29, 0.717) is 5.82 Å². The van der Waals surface area contributed by atoms with E-state index in [4.69, 9.17) is 14.4 Å². The summed E-state index contributed by atoms with van der Waals surface area (Å²) < 4.78 is 8.56. The molecule has 0 N–H and O–H groups in total. The van der Waals surface area contributed by atoms with Crippen LogP contribution in [0.2, 0.25) is 0 Å². The average Bonchev–Trinajstić information content (AvgIpc) is 3.74. The molecule has 0 aliphatic heterocycles. The van der Waals surface area contributed by atoms with Crippen LogP contribution in [0.1, 0.15) is 5.56 Å². The summed E-state index contributed by atoms with van der Waals surface area (Å²) in [6.45, 7) is 2.15. The van der Waals surface area contributed by atoms with Crippen molar-refractivity contribution in [2.45, 2.75) is 6.92 Å². The Morgan fingerprint density at radius 2 is 1.06 bits per heavy atom. The second kappa shape index (κ2) is 11.7. The van der Waals surface area contributed by atoms with Crippen LogP contribution < -0.4 is 0 Å². The van der Waals surface area contributed by atoms with Crippen LogP contribution in [0.4, 0.5) is 0 Å². The first-order chi connectivity index (χ1) is 25.2. The van der Waals surface area contributed by atoms with Gasteiger partial charge in [0.15, 0.2) is 5.82 Å². The van der Waals surface area contributed by atoms with Crippen molar-refractivity contribution in [2.75, 3.05) is 0 Å². The van der Waals surface area contributed by atoms with Crippen molar-refractivity contribution in [1.82, 2.24) is 14.5 Å². The number of furan rings is 1. The Hall–Kier alpha value is -6.78. The predicted octanol–water partition coefficient (Wildman–Crippen LogP) is 12.4. The Labute approximate surface area is 294 Å². The van der Waals surface area contributed by atoms with Crippen molar-refractivity contribution in [3.8, 4) is 50.7 Å². The highest BCUT2D eigenvalue weighted by Gasteiger charge is 2.21. The van der Waals surface area contributed by atoms with E-state index >= 15 is 0 Å². The molecular weight excluding hydrogens is 623 g/mol. The molecule has 0 saturated carbocycles. The first-order valence-corrected chi connectivity index (χ1v) is 17.3. The van der Waals surface area contributed by atoms with Crippen molar-refractivity contribution in [3.63, 3.8) is 0 Å². The number of benzene rings is 7. The van der Waals surface area contributed by atoms with Gasteiger partial charge >= 0.3 is 0 Å². The third-order valence-electron chi connectivity index (χ3n) is 10.0. The van der Waals surface area contributed by atoms with E-state index in [0.717, 1.165) is 77.7 Å². The molecule has 0 aliphatic carbocycles. The van der Waals surface area contributed by atoms with Crippen LogP contribution in [0.5, 0.6) is 0 Å². The van der Waals surface area contributed by atoms with Crippen LogP contribution in [0, 0.1) is 6.92 Å². The van der Waals surface area contributed by atoms with Gasteiger partial charge in [0.1, 0.15) is 11.2 Å². The highest BCUT2D eigenvalue weighted by molar-refractivity contribution is 6.16. The summed E-state index contributed by atoms with van der Waals surface area (Å²) in [5, 5.41) is 4.56. The number of nitrogens with zero attached hydrogens (tertiary/aromatic N) is 3. The number of hydrogen-bond donors (Lipinski definition) is 0. The molecule has 10 aromatic rings. The van der Waals surface area contributed by atoms with Gasteiger partial charge in [-0.05, 0) is 54.4 Å². The summed E-state index contributed by atoms with van der Waals surface area (Å²) in [5.41, 5.74) is 13.5. The molecule has 0 atom stereocenters. The van der Waals surface area contributed by atoms with Crippen LogP contribution in [-0.4, -0.2) is 14.5 Å². The molecule has 0 unspecified atom stereocenters. The van der Waals surface area contributed by atoms with Gasteiger partial charge in [-0.1, -0.05) is 133 Å². The fourth-order valence-corrected chi connectivity index (χ4v) is 7.58. The topological polar surface area (TPSA) is 43.9 Å². The lowest BCUT2D eigenvalue weighted by molar-refractivity contribution is 0.669. The molecule has 0 fully saturated rings. The summed E-state index contributed by atoms with van der Waals surface area (Å²) >= 11 is 0. The minimum absolute atomic E-state index is 0.705. The SMILES string of the molecule is Cc1c(-c2ccc(-c3ccccc3)cc2)nc(-c2ccccc2)nc1-c1cccc2c1c1ccccc1n2-c1ccc2oc3ccccc3c2c1. The van der Waals surface area contributed by atoms with Gasteiger partial charge in [-0.15, -0.1) is 0 Å². The Kier molecular flexibility index (Phi) is 6.68. The Morgan fingerprint density at radius 1 is 0.451 bits per heavy atom. The number of hydrogen-bond acceptors (Lipinski definition) is 3. The second-order valence-corrected chi connectivity index (χ2v) is 13.0. The lowest BCUT2D eigenvalue weighted by Gasteiger charge is -2.15. The van der Waals surface area contributed by atoms with Crippen LogP contribution in [-0.2, 0) is 0 Å². The standard InChI is InChI=1S/C47H31N3O/c1-30-45(33-25-23-32(24-26-33)31-13-4-2-5-14-31)48-47(34-15-6-3-7-16-34)49-46(30)38-19-12-21-41-44(38)37-18-8-10-20-40(37)50(41)35-27-28-43-39(29-35)36-17-9-11-22-42(36)51-43/h2-29H,1H3. The lowest BCUT2D eigenvalue weighted by Crippen LogP contribution is -2.01. The third kappa shape index (κ3) is 4.76. The molecule has 3 heterocycles. The van der Waals surface area contributed by atoms with Gasteiger partial charge in [0.2, 0.25) is 0 Å². The van der Waals surface area contributed by atoms with Crippen molar-refractivity contribution < 1.29 is 4.42 Å². The lowest BCUT2D eigenvalue weighted by atomic mass is 9.96. The summed E-state index contributed by atoms with van der Waals surface area (Å²) in [4.78, 5) is 10.6. The van der Waals surface area contributed by atoms with Gasteiger partial charge in [-0.2, -0.15) is 0 Å². The Balaban J connectivity index is 1.21. The molecule has 51 heavy (non-hydrogen) atoms. The zero-order valence-electron chi connectivity index (χ0n) is 27.9. The smallest absolute Gasteiger partial charge is 0.160 e. The van der Waals surface area contributed by atoms with Gasteiger partial charge < -0.3 is 8.98 Å². The van der Waals surface area contributed by atoms with E-state index in [1.807, 2.05) is 36.4 Å². The first-order valence-electron chi connectivity index (χ1n) is 17.3. The summed E-state index contributed by atoms with van der Waals surface area (Å²) in [6, 6.07) is 59.5. The van der Waals surface area contributed by atoms with Gasteiger partial charge in [-0.25, -0.2) is 9.97 Å². The molecule has 0 radical (unpaired) electrons. The maximum atomic E-state index is 6.19. The normalized spacial score (nSPS) is 11.6. The molecule has 0 spiro atoms. The number of fused-ring (bicyclic) bond motifs is 6. The molecule has 0 aliphatic rings. The fraction of sp³-hybridized carbons (Fsp3) is 0.0213. The quantitative estimate of drug-likeness (QED) is 0.186.